The Morgan fingerprint density at radius 1 is 1.77 bits per heavy atom. The van der Waals surface area contributed by atoms with E-state index in [0.717, 1.165) is 5.69 Å². The molecule has 0 saturated carbocycles. The van der Waals surface area contributed by atoms with E-state index in [1.54, 1.807) is 12.3 Å². The second-order valence-corrected chi connectivity index (χ2v) is 2.79. The molecule has 0 radical (unpaired) electrons. The maximum absolute atomic E-state index is 8.72. The zero-order valence-corrected chi connectivity index (χ0v) is 7.49. The molecular formula is C9H12N4. The van der Waals surface area contributed by atoms with Crippen LogP contribution in [0.5, 0.6) is 0 Å². The number of anilines is 1. The molecule has 1 aromatic rings. The number of nitrogens with two attached hydrogens (primary N) is 1. The van der Waals surface area contributed by atoms with Crippen LogP contribution in [0.25, 0.3) is 0 Å². The van der Waals surface area contributed by atoms with Gasteiger partial charge in [-0.3, -0.25) is 0 Å². The topological polar surface area (TPSA) is 74.7 Å². The summed E-state index contributed by atoms with van der Waals surface area (Å²) in [6, 6.07) is 5.76. The molecule has 0 aliphatic carbocycles. The average Bonchev–Trinajstić information content (AvgIpc) is 2.18. The summed E-state index contributed by atoms with van der Waals surface area (Å²) in [5.74, 6) is 0. The lowest BCUT2D eigenvalue weighted by atomic mass is 10.2. The highest BCUT2D eigenvalue weighted by molar-refractivity contribution is 5.53. The van der Waals surface area contributed by atoms with Gasteiger partial charge >= 0.3 is 0 Å². The first-order valence-electron chi connectivity index (χ1n) is 4.09. The molecule has 0 spiro atoms. The van der Waals surface area contributed by atoms with Gasteiger partial charge in [0.1, 0.15) is 6.07 Å². The molecule has 0 bridgehead atoms. The molecule has 1 rings (SSSR count). The maximum atomic E-state index is 8.72. The minimum Gasteiger partial charge on any atom is -0.379 e. The Labute approximate surface area is 77.4 Å². The van der Waals surface area contributed by atoms with Gasteiger partial charge in [-0.05, 0) is 19.1 Å². The third-order valence-corrected chi connectivity index (χ3v) is 1.67. The molecule has 1 unspecified atom stereocenters. The van der Waals surface area contributed by atoms with Gasteiger partial charge < -0.3 is 11.1 Å². The third kappa shape index (κ3) is 2.42. The van der Waals surface area contributed by atoms with E-state index in [1.807, 2.05) is 19.1 Å². The Bertz CT molecular complexity index is 316. The Morgan fingerprint density at radius 3 is 3.15 bits per heavy atom. The molecule has 13 heavy (non-hydrogen) atoms. The lowest BCUT2D eigenvalue weighted by molar-refractivity contribution is 0.802. The average molecular weight is 176 g/mol. The smallest absolute Gasteiger partial charge is 0.163 e. The summed E-state index contributed by atoms with van der Waals surface area (Å²) in [6.45, 7) is 2.48. The third-order valence-electron chi connectivity index (χ3n) is 1.67. The summed E-state index contributed by atoms with van der Waals surface area (Å²) < 4.78 is 0. The quantitative estimate of drug-likeness (QED) is 0.711. The van der Waals surface area contributed by atoms with Gasteiger partial charge in [0.25, 0.3) is 0 Å². The van der Waals surface area contributed by atoms with E-state index >= 15 is 0 Å². The van der Waals surface area contributed by atoms with Crippen LogP contribution in [0.3, 0.4) is 0 Å². The second-order valence-electron chi connectivity index (χ2n) is 2.79. The summed E-state index contributed by atoms with van der Waals surface area (Å²) >= 11 is 0. The molecule has 0 aliphatic rings. The van der Waals surface area contributed by atoms with Gasteiger partial charge in [-0.1, -0.05) is 0 Å². The molecule has 0 aromatic carbocycles. The molecule has 1 atom stereocenters. The molecule has 68 valence electrons. The van der Waals surface area contributed by atoms with Gasteiger partial charge in [-0.15, -0.1) is 0 Å². The minimum atomic E-state index is 0.149. The first-order chi connectivity index (χ1) is 6.27. The molecule has 0 fully saturated rings. The summed E-state index contributed by atoms with van der Waals surface area (Å²) in [4.78, 5) is 3.92. The molecule has 0 saturated heterocycles. The Morgan fingerprint density at radius 2 is 2.54 bits per heavy atom. The van der Waals surface area contributed by atoms with Crippen LogP contribution in [0.15, 0.2) is 18.3 Å². The Kier molecular flexibility index (Phi) is 3.23. The van der Waals surface area contributed by atoms with Crippen LogP contribution >= 0.6 is 0 Å². The van der Waals surface area contributed by atoms with Crippen LogP contribution in [-0.2, 0) is 0 Å². The van der Waals surface area contributed by atoms with Crippen molar-refractivity contribution in [3.8, 4) is 6.07 Å². The molecule has 4 nitrogen and oxygen atoms in total. The predicted octanol–water partition coefficient (Wildman–Crippen LogP) is 0.712. The normalized spacial score (nSPS) is 11.8. The highest BCUT2D eigenvalue weighted by Gasteiger charge is 2.04. The first-order valence-corrected chi connectivity index (χ1v) is 4.09. The van der Waals surface area contributed by atoms with Gasteiger partial charge in [0, 0.05) is 18.8 Å². The SMILES string of the molecule is CC(CN)Nc1cccnc1C#N. The van der Waals surface area contributed by atoms with Crippen LogP contribution < -0.4 is 11.1 Å². The van der Waals surface area contributed by atoms with E-state index in [1.165, 1.54) is 0 Å². The van der Waals surface area contributed by atoms with Crippen LogP contribution in [0.2, 0.25) is 0 Å². The van der Waals surface area contributed by atoms with Crippen LogP contribution in [-0.4, -0.2) is 17.6 Å². The molecule has 0 aliphatic heterocycles. The molecule has 3 N–H and O–H groups in total. The lowest BCUT2D eigenvalue weighted by Gasteiger charge is -2.12. The van der Waals surface area contributed by atoms with Crippen molar-refractivity contribution in [2.75, 3.05) is 11.9 Å². The van der Waals surface area contributed by atoms with Gasteiger partial charge in [-0.25, -0.2) is 4.98 Å². The lowest BCUT2D eigenvalue weighted by Crippen LogP contribution is -2.25. The van der Waals surface area contributed by atoms with Crippen LogP contribution in [0, 0.1) is 11.3 Å². The number of nitrogens with one attached hydrogen (secondary N) is 1. The number of pyridine rings is 1. The number of rotatable bonds is 3. The number of nitrogens with zero attached hydrogens (tertiary/aromatic N) is 2. The van der Waals surface area contributed by atoms with E-state index in [4.69, 9.17) is 11.0 Å². The summed E-state index contributed by atoms with van der Waals surface area (Å²) in [7, 11) is 0. The monoisotopic (exact) mass is 176 g/mol. The maximum Gasteiger partial charge on any atom is 0.163 e. The van der Waals surface area contributed by atoms with Gasteiger partial charge in [-0.2, -0.15) is 5.26 Å². The van der Waals surface area contributed by atoms with E-state index in [-0.39, 0.29) is 6.04 Å². The standard InChI is InChI=1S/C9H12N4/c1-7(5-10)13-8-3-2-4-12-9(8)6-11/h2-4,7,13H,5,10H2,1H3. The summed E-state index contributed by atoms with van der Waals surface area (Å²) in [5.41, 5.74) is 6.59. The van der Waals surface area contributed by atoms with Gasteiger partial charge in [0.15, 0.2) is 5.69 Å². The van der Waals surface area contributed by atoms with Crippen molar-refractivity contribution in [2.45, 2.75) is 13.0 Å². The zero-order chi connectivity index (χ0) is 9.68. The van der Waals surface area contributed by atoms with Crippen molar-refractivity contribution < 1.29 is 0 Å². The molecule has 1 heterocycles. The molecule has 0 amide bonds. The van der Waals surface area contributed by atoms with Crippen molar-refractivity contribution >= 4 is 5.69 Å². The summed E-state index contributed by atoms with van der Waals surface area (Å²) in [6.07, 6.45) is 1.59. The molecular weight excluding hydrogens is 164 g/mol. The largest absolute Gasteiger partial charge is 0.379 e. The number of hydrogen-bond acceptors (Lipinski definition) is 4. The fourth-order valence-corrected chi connectivity index (χ4v) is 0.935. The highest BCUT2D eigenvalue weighted by Crippen LogP contribution is 2.11. The second kappa shape index (κ2) is 4.43. The van der Waals surface area contributed by atoms with Crippen molar-refractivity contribution in [1.82, 2.24) is 4.98 Å². The fourth-order valence-electron chi connectivity index (χ4n) is 0.935. The van der Waals surface area contributed by atoms with Gasteiger partial charge in [0.2, 0.25) is 0 Å². The molecule has 4 heteroatoms. The van der Waals surface area contributed by atoms with Crippen LogP contribution in [0.1, 0.15) is 12.6 Å². The van der Waals surface area contributed by atoms with Gasteiger partial charge in [0.05, 0.1) is 5.69 Å². The zero-order valence-electron chi connectivity index (χ0n) is 7.49. The summed E-state index contributed by atoms with van der Waals surface area (Å²) in [5, 5.41) is 11.8. The number of aromatic nitrogens is 1. The molecule has 1 aromatic heterocycles. The Hall–Kier alpha value is -1.60. The van der Waals surface area contributed by atoms with Crippen molar-refractivity contribution in [1.29, 1.82) is 5.26 Å². The van der Waals surface area contributed by atoms with Crippen LogP contribution in [0.4, 0.5) is 5.69 Å². The van der Waals surface area contributed by atoms with E-state index in [2.05, 4.69) is 10.3 Å². The first kappa shape index (κ1) is 9.49. The van der Waals surface area contributed by atoms with E-state index in [0.29, 0.717) is 12.2 Å². The van der Waals surface area contributed by atoms with Crippen molar-refractivity contribution in [2.24, 2.45) is 5.73 Å². The van der Waals surface area contributed by atoms with E-state index < -0.39 is 0 Å². The number of nitriles is 1. The van der Waals surface area contributed by atoms with Crippen molar-refractivity contribution in [3.05, 3.63) is 24.0 Å². The number of hydrogen-bond donors (Lipinski definition) is 2. The Balaban J connectivity index is 2.82. The van der Waals surface area contributed by atoms with Crippen molar-refractivity contribution in [3.63, 3.8) is 0 Å². The highest BCUT2D eigenvalue weighted by atomic mass is 14.9. The minimum absolute atomic E-state index is 0.149. The predicted molar refractivity (Wildman–Crippen MR) is 51.1 cm³/mol. The fraction of sp³-hybridized carbons (Fsp3) is 0.333. The van der Waals surface area contributed by atoms with E-state index in [9.17, 15) is 0 Å².